The molecule has 1 amide bonds. The molecule has 4 rings (SSSR count). The lowest BCUT2D eigenvalue weighted by Gasteiger charge is -2.10. The molecule has 0 saturated carbocycles. The van der Waals surface area contributed by atoms with Gasteiger partial charge in [0.15, 0.2) is 0 Å². The summed E-state index contributed by atoms with van der Waals surface area (Å²) in [5.74, 6) is 0.933. The minimum absolute atomic E-state index is 0.0372. The molecule has 0 aliphatic carbocycles. The number of nitrogens with zero attached hydrogens (tertiary/aromatic N) is 1. The van der Waals surface area contributed by atoms with E-state index in [4.69, 9.17) is 32.9 Å². The van der Waals surface area contributed by atoms with E-state index in [0.29, 0.717) is 22.4 Å². The predicted molar refractivity (Wildman–Crippen MR) is 122 cm³/mol. The standard InChI is InChI=1S/C22H21Cl2N3O2S/c23-16-8-6-14(7-9-16)20-22(27-21(26-20)15-3-1-4-17(24)11-15)30-13-19(28)25-12-18-5-2-10-29-18/h1,3-4,6-9,11,18H,2,5,10,12-13H2,(H,25,28)(H,26,27). The number of aromatic nitrogens is 2. The van der Waals surface area contributed by atoms with Crippen LogP contribution < -0.4 is 5.32 Å². The van der Waals surface area contributed by atoms with Gasteiger partial charge in [0.1, 0.15) is 10.9 Å². The second kappa shape index (κ2) is 9.88. The van der Waals surface area contributed by atoms with Crippen molar-refractivity contribution in [2.75, 3.05) is 18.9 Å². The van der Waals surface area contributed by atoms with Gasteiger partial charge in [-0.05, 0) is 37.1 Å². The van der Waals surface area contributed by atoms with Gasteiger partial charge in [-0.3, -0.25) is 4.79 Å². The molecule has 5 nitrogen and oxygen atoms in total. The Kier molecular flexibility index (Phi) is 7.00. The average Bonchev–Trinajstić information content (AvgIpc) is 3.41. The molecule has 1 saturated heterocycles. The number of halogens is 2. The van der Waals surface area contributed by atoms with E-state index in [1.54, 1.807) is 0 Å². The molecule has 1 aliphatic rings. The quantitative estimate of drug-likeness (QED) is 0.459. The number of nitrogens with one attached hydrogen (secondary N) is 2. The third-order valence-corrected chi connectivity index (χ3v) is 6.25. The Hall–Kier alpha value is -1.99. The van der Waals surface area contributed by atoms with Crippen LogP contribution in [0.15, 0.2) is 53.6 Å². The molecule has 2 aromatic carbocycles. The van der Waals surface area contributed by atoms with Crippen LogP contribution >= 0.6 is 35.0 Å². The number of H-pyrrole nitrogens is 1. The number of carbonyl (C=O) groups excluding carboxylic acids is 1. The van der Waals surface area contributed by atoms with Gasteiger partial charge in [-0.15, -0.1) is 0 Å². The molecule has 8 heteroatoms. The zero-order valence-corrected chi connectivity index (χ0v) is 18.5. The molecular formula is C22H21Cl2N3O2S. The van der Waals surface area contributed by atoms with Gasteiger partial charge in [-0.1, -0.05) is 59.2 Å². The zero-order valence-electron chi connectivity index (χ0n) is 16.2. The molecule has 1 atom stereocenters. The monoisotopic (exact) mass is 461 g/mol. The number of thioether (sulfide) groups is 1. The van der Waals surface area contributed by atoms with Crippen LogP contribution in [0.4, 0.5) is 0 Å². The van der Waals surface area contributed by atoms with Crippen LogP contribution in [0.3, 0.4) is 0 Å². The van der Waals surface area contributed by atoms with Crippen LogP contribution in [0.1, 0.15) is 12.8 Å². The van der Waals surface area contributed by atoms with Crippen molar-refractivity contribution in [2.24, 2.45) is 0 Å². The van der Waals surface area contributed by atoms with E-state index in [-0.39, 0.29) is 17.8 Å². The lowest BCUT2D eigenvalue weighted by atomic mass is 10.2. The number of carbonyl (C=O) groups is 1. The van der Waals surface area contributed by atoms with Crippen LogP contribution in [-0.2, 0) is 9.53 Å². The fourth-order valence-electron chi connectivity index (χ4n) is 3.26. The molecule has 3 aromatic rings. The fraction of sp³-hybridized carbons (Fsp3) is 0.273. The van der Waals surface area contributed by atoms with Crippen LogP contribution in [0.2, 0.25) is 10.0 Å². The SMILES string of the molecule is O=C(CSc1nc(-c2cccc(Cl)c2)[nH]c1-c1ccc(Cl)cc1)NCC1CCCO1. The third-order valence-electron chi connectivity index (χ3n) is 4.79. The van der Waals surface area contributed by atoms with E-state index in [1.807, 2.05) is 48.5 Å². The fourth-order valence-corrected chi connectivity index (χ4v) is 4.42. The maximum Gasteiger partial charge on any atom is 0.230 e. The number of imidazole rings is 1. The van der Waals surface area contributed by atoms with Crippen molar-refractivity contribution in [3.05, 3.63) is 58.6 Å². The van der Waals surface area contributed by atoms with E-state index in [1.165, 1.54) is 11.8 Å². The highest BCUT2D eigenvalue weighted by Crippen LogP contribution is 2.33. The molecule has 0 spiro atoms. The minimum atomic E-state index is -0.0372. The van der Waals surface area contributed by atoms with Gasteiger partial charge in [0.25, 0.3) is 0 Å². The summed E-state index contributed by atoms with van der Waals surface area (Å²) in [6.07, 6.45) is 2.18. The van der Waals surface area contributed by atoms with Gasteiger partial charge in [0.05, 0.1) is 17.6 Å². The molecule has 1 fully saturated rings. The van der Waals surface area contributed by atoms with Crippen LogP contribution in [0.5, 0.6) is 0 Å². The molecule has 30 heavy (non-hydrogen) atoms. The topological polar surface area (TPSA) is 67.0 Å². The van der Waals surface area contributed by atoms with Gasteiger partial charge in [0.2, 0.25) is 5.91 Å². The molecular weight excluding hydrogens is 441 g/mol. The van der Waals surface area contributed by atoms with Crippen LogP contribution in [-0.4, -0.2) is 40.9 Å². The summed E-state index contributed by atoms with van der Waals surface area (Å²) in [6.45, 7) is 1.33. The maximum absolute atomic E-state index is 12.3. The number of rotatable bonds is 7. The van der Waals surface area contributed by atoms with Crippen molar-refractivity contribution in [2.45, 2.75) is 24.0 Å². The summed E-state index contributed by atoms with van der Waals surface area (Å²) >= 11 is 13.6. The lowest BCUT2D eigenvalue weighted by molar-refractivity contribution is -0.119. The molecule has 0 radical (unpaired) electrons. The highest BCUT2D eigenvalue weighted by molar-refractivity contribution is 8.00. The average molecular weight is 462 g/mol. The first-order valence-electron chi connectivity index (χ1n) is 9.71. The summed E-state index contributed by atoms with van der Waals surface area (Å²) in [7, 11) is 0. The highest BCUT2D eigenvalue weighted by atomic mass is 35.5. The van der Waals surface area contributed by atoms with E-state index < -0.39 is 0 Å². The molecule has 0 bridgehead atoms. The zero-order chi connectivity index (χ0) is 20.9. The second-order valence-electron chi connectivity index (χ2n) is 7.01. The van der Waals surface area contributed by atoms with E-state index in [2.05, 4.69) is 10.3 Å². The Morgan fingerprint density at radius 2 is 2.00 bits per heavy atom. The first kappa shape index (κ1) is 21.2. The summed E-state index contributed by atoms with van der Waals surface area (Å²) < 4.78 is 5.55. The summed E-state index contributed by atoms with van der Waals surface area (Å²) in [5.41, 5.74) is 2.67. The summed E-state index contributed by atoms with van der Waals surface area (Å²) in [4.78, 5) is 20.4. The van der Waals surface area contributed by atoms with Crippen LogP contribution in [0.25, 0.3) is 22.6 Å². The molecule has 1 aromatic heterocycles. The van der Waals surface area contributed by atoms with Gasteiger partial charge in [-0.25, -0.2) is 4.98 Å². The molecule has 2 N–H and O–H groups in total. The maximum atomic E-state index is 12.3. The smallest absolute Gasteiger partial charge is 0.230 e. The van der Waals surface area contributed by atoms with Crippen molar-refractivity contribution in [1.29, 1.82) is 0 Å². The Labute approximate surface area is 189 Å². The van der Waals surface area contributed by atoms with Crippen molar-refractivity contribution >= 4 is 40.9 Å². The number of hydrogen-bond donors (Lipinski definition) is 2. The lowest BCUT2D eigenvalue weighted by Crippen LogP contribution is -2.32. The summed E-state index contributed by atoms with van der Waals surface area (Å²) in [5, 5.41) is 5.00. The number of benzene rings is 2. The molecule has 1 unspecified atom stereocenters. The van der Waals surface area contributed by atoms with Gasteiger partial charge in [-0.2, -0.15) is 0 Å². The normalized spacial score (nSPS) is 16.0. The first-order chi connectivity index (χ1) is 14.6. The third kappa shape index (κ3) is 5.38. The Morgan fingerprint density at radius 1 is 1.17 bits per heavy atom. The number of amides is 1. The minimum Gasteiger partial charge on any atom is -0.376 e. The Bertz CT molecular complexity index is 1020. The van der Waals surface area contributed by atoms with Crippen molar-refractivity contribution in [3.63, 3.8) is 0 Å². The molecule has 156 valence electrons. The first-order valence-corrected chi connectivity index (χ1v) is 11.5. The highest BCUT2D eigenvalue weighted by Gasteiger charge is 2.18. The summed E-state index contributed by atoms with van der Waals surface area (Å²) in [6, 6.07) is 15.0. The van der Waals surface area contributed by atoms with Crippen molar-refractivity contribution in [3.8, 4) is 22.6 Å². The van der Waals surface area contributed by atoms with Crippen LogP contribution in [0, 0.1) is 0 Å². The molecule has 1 aliphatic heterocycles. The van der Waals surface area contributed by atoms with E-state index in [0.717, 1.165) is 41.3 Å². The predicted octanol–water partition coefficient (Wildman–Crippen LogP) is 5.44. The Balaban J connectivity index is 1.52. The second-order valence-corrected chi connectivity index (χ2v) is 8.85. The molecule has 2 heterocycles. The van der Waals surface area contributed by atoms with E-state index >= 15 is 0 Å². The van der Waals surface area contributed by atoms with Gasteiger partial charge < -0.3 is 15.0 Å². The number of ether oxygens (including phenoxy) is 1. The number of hydrogen-bond acceptors (Lipinski definition) is 4. The van der Waals surface area contributed by atoms with E-state index in [9.17, 15) is 4.79 Å². The van der Waals surface area contributed by atoms with Gasteiger partial charge in [0, 0.05) is 34.3 Å². The largest absolute Gasteiger partial charge is 0.376 e. The van der Waals surface area contributed by atoms with Crippen molar-refractivity contribution < 1.29 is 9.53 Å². The van der Waals surface area contributed by atoms with Gasteiger partial charge >= 0.3 is 0 Å². The van der Waals surface area contributed by atoms with Crippen molar-refractivity contribution in [1.82, 2.24) is 15.3 Å². The Morgan fingerprint density at radius 3 is 2.73 bits per heavy atom. The number of aromatic amines is 1.